The number of carbonyl (C=O) groups excluding carboxylic acids is 1. The first-order valence-electron chi connectivity index (χ1n) is 10.7. The summed E-state index contributed by atoms with van der Waals surface area (Å²) in [5, 5.41) is 3.00. The van der Waals surface area contributed by atoms with E-state index in [1.807, 2.05) is 11.8 Å². The summed E-state index contributed by atoms with van der Waals surface area (Å²) in [5.41, 5.74) is 0. The molecule has 0 saturated carbocycles. The molecule has 0 rings (SSSR count). The van der Waals surface area contributed by atoms with Gasteiger partial charge in [-0.15, -0.1) is 0 Å². The molecule has 0 unspecified atom stereocenters. The van der Waals surface area contributed by atoms with Gasteiger partial charge >= 0.3 is 0 Å². The Balaban J connectivity index is 3.04. The van der Waals surface area contributed by atoms with Crippen LogP contribution in [-0.2, 0) is 4.79 Å². The van der Waals surface area contributed by atoms with Gasteiger partial charge in [0, 0.05) is 18.7 Å². The van der Waals surface area contributed by atoms with Gasteiger partial charge < -0.3 is 5.32 Å². The Hall–Kier alpha value is -0.180. The average Bonchev–Trinajstić information content (AvgIpc) is 2.59. The van der Waals surface area contributed by atoms with Gasteiger partial charge in [-0.1, -0.05) is 90.9 Å². The van der Waals surface area contributed by atoms with Crippen molar-refractivity contribution in [2.45, 2.75) is 110 Å². The molecule has 0 aromatic rings. The van der Waals surface area contributed by atoms with Crippen molar-refractivity contribution in [2.24, 2.45) is 0 Å². The molecular formula is C21H43NOS. The Labute approximate surface area is 156 Å². The van der Waals surface area contributed by atoms with E-state index in [4.69, 9.17) is 0 Å². The van der Waals surface area contributed by atoms with Gasteiger partial charge in [-0.2, -0.15) is 11.8 Å². The molecule has 1 N–H and O–H groups in total. The minimum atomic E-state index is 0.225. The van der Waals surface area contributed by atoms with Crippen LogP contribution in [0.25, 0.3) is 0 Å². The number of carbonyl (C=O) groups is 1. The normalized spacial score (nSPS) is 10.9. The highest BCUT2D eigenvalue weighted by Crippen LogP contribution is 2.13. The maximum atomic E-state index is 11.4. The predicted octanol–water partition coefficient (Wildman–Crippen LogP) is 6.73. The van der Waals surface area contributed by atoms with E-state index in [0.29, 0.717) is 6.42 Å². The second kappa shape index (κ2) is 20.9. The summed E-state index contributed by atoms with van der Waals surface area (Å²) in [7, 11) is 0. The third-order valence-electron chi connectivity index (χ3n) is 4.47. The fourth-order valence-corrected chi connectivity index (χ4v) is 3.69. The number of unbranched alkanes of at least 4 members (excludes halogenated alkanes) is 12. The van der Waals surface area contributed by atoms with Crippen LogP contribution in [0.2, 0.25) is 0 Å². The maximum absolute atomic E-state index is 11.4. The lowest BCUT2D eigenvalue weighted by Crippen LogP contribution is -2.25. The highest BCUT2D eigenvalue weighted by atomic mass is 32.2. The zero-order valence-corrected chi connectivity index (χ0v) is 17.4. The predicted molar refractivity (Wildman–Crippen MR) is 111 cm³/mol. The van der Waals surface area contributed by atoms with E-state index in [2.05, 4.69) is 19.2 Å². The molecule has 1 amide bonds. The van der Waals surface area contributed by atoms with Crippen LogP contribution in [0, 0.1) is 0 Å². The lowest BCUT2D eigenvalue weighted by atomic mass is 10.1. The highest BCUT2D eigenvalue weighted by Gasteiger charge is 1.99. The van der Waals surface area contributed by atoms with E-state index in [-0.39, 0.29) is 5.91 Å². The molecule has 0 aliphatic carbocycles. The van der Waals surface area contributed by atoms with Gasteiger partial charge in [0.1, 0.15) is 0 Å². The Morgan fingerprint density at radius 2 is 1.17 bits per heavy atom. The van der Waals surface area contributed by atoms with Crippen molar-refractivity contribution in [3.8, 4) is 0 Å². The molecule has 0 saturated heterocycles. The molecule has 0 bridgehead atoms. The Bertz CT molecular complexity index is 258. The zero-order valence-electron chi connectivity index (χ0n) is 16.5. The smallest absolute Gasteiger partial charge is 0.220 e. The summed E-state index contributed by atoms with van der Waals surface area (Å²) in [6.07, 6.45) is 19.8. The van der Waals surface area contributed by atoms with Crippen molar-refractivity contribution in [1.82, 2.24) is 5.32 Å². The maximum Gasteiger partial charge on any atom is 0.220 e. The van der Waals surface area contributed by atoms with Crippen LogP contribution >= 0.6 is 11.8 Å². The summed E-state index contributed by atoms with van der Waals surface area (Å²) >= 11 is 1.99. The molecule has 0 spiro atoms. The quantitative estimate of drug-likeness (QED) is 0.260. The summed E-state index contributed by atoms with van der Waals surface area (Å²) in [6.45, 7) is 5.24. The SMILES string of the molecule is CCCCCCCCCCCCCCSCCNC(=O)CCCC. The van der Waals surface area contributed by atoms with E-state index >= 15 is 0 Å². The van der Waals surface area contributed by atoms with Crippen molar-refractivity contribution in [3.05, 3.63) is 0 Å². The lowest BCUT2D eigenvalue weighted by molar-refractivity contribution is -0.121. The largest absolute Gasteiger partial charge is 0.355 e. The number of hydrogen-bond donors (Lipinski definition) is 1. The van der Waals surface area contributed by atoms with Crippen LogP contribution in [0.5, 0.6) is 0 Å². The van der Waals surface area contributed by atoms with Crippen molar-refractivity contribution in [3.63, 3.8) is 0 Å². The van der Waals surface area contributed by atoms with E-state index < -0.39 is 0 Å². The topological polar surface area (TPSA) is 29.1 Å². The van der Waals surface area contributed by atoms with E-state index in [1.165, 1.54) is 82.8 Å². The van der Waals surface area contributed by atoms with Crippen molar-refractivity contribution >= 4 is 17.7 Å². The fourth-order valence-electron chi connectivity index (χ4n) is 2.84. The monoisotopic (exact) mass is 357 g/mol. The molecule has 24 heavy (non-hydrogen) atoms. The Morgan fingerprint density at radius 3 is 1.71 bits per heavy atom. The van der Waals surface area contributed by atoms with Crippen molar-refractivity contribution < 1.29 is 4.79 Å². The molecule has 0 aliphatic heterocycles. The number of hydrogen-bond acceptors (Lipinski definition) is 2. The first-order chi connectivity index (χ1) is 11.8. The minimum Gasteiger partial charge on any atom is -0.355 e. The molecular weight excluding hydrogens is 314 g/mol. The lowest BCUT2D eigenvalue weighted by Gasteiger charge is -2.05. The minimum absolute atomic E-state index is 0.225. The van der Waals surface area contributed by atoms with Crippen LogP contribution in [0.1, 0.15) is 110 Å². The summed E-state index contributed by atoms with van der Waals surface area (Å²) < 4.78 is 0. The third kappa shape index (κ3) is 19.9. The molecule has 0 aromatic carbocycles. The van der Waals surface area contributed by atoms with Gasteiger partial charge in [-0.05, 0) is 18.6 Å². The summed E-state index contributed by atoms with van der Waals surface area (Å²) in [6, 6.07) is 0. The van der Waals surface area contributed by atoms with Crippen LogP contribution in [-0.4, -0.2) is 24.0 Å². The Kier molecular flexibility index (Phi) is 20.7. The van der Waals surface area contributed by atoms with Crippen LogP contribution < -0.4 is 5.32 Å². The van der Waals surface area contributed by atoms with Gasteiger partial charge in [0.2, 0.25) is 5.91 Å². The molecule has 144 valence electrons. The second-order valence-corrected chi connectivity index (χ2v) is 8.18. The Morgan fingerprint density at radius 1 is 0.667 bits per heavy atom. The first kappa shape index (κ1) is 23.8. The molecule has 0 fully saturated rings. The number of rotatable bonds is 19. The molecule has 0 atom stereocenters. The standard InChI is InChI=1S/C21H43NOS/c1-3-5-7-8-9-10-11-12-13-14-15-16-19-24-20-18-22-21(23)17-6-4-2/h3-20H2,1-2H3,(H,22,23). The van der Waals surface area contributed by atoms with Crippen molar-refractivity contribution in [2.75, 3.05) is 18.1 Å². The molecule has 0 heterocycles. The first-order valence-corrected chi connectivity index (χ1v) is 11.8. The summed E-state index contributed by atoms with van der Waals surface area (Å²) in [5.74, 6) is 2.54. The molecule has 0 aliphatic rings. The van der Waals surface area contributed by atoms with Gasteiger partial charge in [0.05, 0.1) is 0 Å². The van der Waals surface area contributed by atoms with Crippen LogP contribution in [0.3, 0.4) is 0 Å². The van der Waals surface area contributed by atoms with E-state index in [0.717, 1.165) is 25.1 Å². The fraction of sp³-hybridized carbons (Fsp3) is 0.952. The number of thioether (sulfide) groups is 1. The van der Waals surface area contributed by atoms with Crippen LogP contribution in [0.4, 0.5) is 0 Å². The van der Waals surface area contributed by atoms with Gasteiger partial charge in [-0.25, -0.2) is 0 Å². The van der Waals surface area contributed by atoms with Gasteiger partial charge in [0.25, 0.3) is 0 Å². The summed E-state index contributed by atoms with van der Waals surface area (Å²) in [4.78, 5) is 11.4. The highest BCUT2D eigenvalue weighted by molar-refractivity contribution is 7.99. The van der Waals surface area contributed by atoms with Crippen LogP contribution in [0.15, 0.2) is 0 Å². The third-order valence-corrected chi connectivity index (χ3v) is 5.54. The van der Waals surface area contributed by atoms with Crippen molar-refractivity contribution in [1.29, 1.82) is 0 Å². The number of amides is 1. The molecule has 3 heteroatoms. The number of nitrogens with one attached hydrogen (secondary N) is 1. The molecule has 0 radical (unpaired) electrons. The van der Waals surface area contributed by atoms with E-state index in [9.17, 15) is 4.79 Å². The molecule has 2 nitrogen and oxygen atoms in total. The van der Waals surface area contributed by atoms with Gasteiger partial charge in [0.15, 0.2) is 0 Å². The average molecular weight is 358 g/mol. The zero-order chi connectivity index (χ0) is 17.7. The second-order valence-electron chi connectivity index (χ2n) is 6.95. The molecule has 0 aromatic heterocycles. The van der Waals surface area contributed by atoms with E-state index in [1.54, 1.807) is 0 Å². The van der Waals surface area contributed by atoms with Gasteiger partial charge in [-0.3, -0.25) is 4.79 Å².